The van der Waals surface area contributed by atoms with Crippen LogP contribution in [0, 0.1) is 11.6 Å². The smallest absolute Gasteiger partial charge is 0.135 e. The number of hydrogen-bond donors (Lipinski definition) is 0. The van der Waals surface area contributed by atoms with Crippen LogP contribution in [0.1, 0.15) is 11.4 Å². The van der Waals surface area contributed by atoms with Gasteiger partial charge >= 0.3 is 0 Å². The second-order valence-electron chi connectivity index (χ2n) is 5.71. The van der Waals surface area contributed by atoms with Crippen LogP contribution in [0.2, 0.25) is 0 Å². The predicted molar refractivity (Wildman–Crippen MR) is 83.1 cm³/mol. The van der Waals surface area contributed by atoms with Gasteiger partial charge in [-0.15, -0.1) is 11.3 Å². The van der Waals surface area contributed by atoms with E-state index in [-0.39, 0.29) is 10.8 Å². The van der Waals surface area contributed by atoms with E-state index >= 15 is 0 Å². The minimum absolute atomic E-state index is 0.0611. The van der Waals surface area contributed by atoms with Gasteiger partial charge in [0.05, 0.1) is 17.8 Å². The van der Waals surface area contributed by atoms with Gasteiger partial charge in [0, 0.05) is 39.8 Å². The maximum absolute atomic E-state index is 13.8. The Morgan fingerprint density at radius 1 is 1.36 bits per heavy atom. The molecule has 2 saturated heterocycles. The van der Waals surface area contributed by atoms with Crippen LogP contribution < -0.4 is 0 Å². The summed E-state index contributed by atoms with van der Waals surface area (Å²) in [7, 11) is -0.678. The molecule has 0 saturated carbocycles. The Balaban J connectivity index is 1.54. The minimum atomic E-state index is -0.678. The second kappa shape index (κ2) is 5.47. The fourth-order valence-corrected chi connectivity index (χ4v) is 5.84. The van der Waals surface area contributed by atoms with Crippen molar-refractivity contribution in [1.29, 1.82) is 0 Å². The summed E-state index contributed by atoms with van der Waals surface area (Å²) >= 11 is 1.41. The highest BCUT2D eigenvalue weighted by Crippen LogP contribution is 2.33. The third-order valence-electron chi connectivity index (χ3n) is 4.33. The molecule has 1 aromatic carbocycles. The zero-order chi connectivity index (χ0) is 15.3. The molecule has 2 aliphatic rings. The predicted octanol–water partition coefficient (Wildman–Crippen LogP) is 2.79. The lowest BCUT2D eigenvalue weighted by molar-refractivity contribution is 0.259. The molecular weight excluding hydrogens is 326 g/mol. The van der Waals surface area contributed by atoms with Gasteiger partial charge in [0.2, 0.25) is 0 Å². The first-order valence-electron chi connectivity index (χ1n) is 7.12. The molecule has 4 rings (SSSR count). The zero-order valence-electron chi connectivity index (χ0n) is 11.7. The van der Waals surface area contributed by atoms with Crippen LogP contribution in [-0.4, -0.2) is 37.7 Å². The van der Waals surface area contributed by atoms with Crippen molar-refractivity contribution >= 4 is 22.1 Å². The molecule has 2 aliphatic heterocycles. The number of nitrogens with zero attached hydrogens (tertiary/aromatic N) is 2. The molecule has 0 radical (unpaired) electrons. The van der Waals surface area contributed by atoms with E-state index in [0.29, 0.717) is 18.3 Å². The largest absolute Gasteiger partial charge is 0.292 e. The standard InChI is InChI=1S/C15H14F2N2OS2/c16-11-2-1-3-12(17)15(11)13-7-21-14(18-13)6-19-5-10-4-9(19)8-22(10)20/h1-3,7,9-10H,4-6,8H2/t9-,10-,22?/m0/s1. The number of hydrogen-bond acceptors (Lipinski definition) is 4. The fourth-order valence-electron chi connectivity index (χ4n) is 3.24. The molecule has 116 valence electrons. The molecule has 7 heteroatoms. The van der Waals surface area contributed by atoms with Gasteiger partial charge < -0.3 is 0 Å². The van der Waals surface area contributed by atoms with Crippen LogP contribution in [0.4, 0.5) is 8.78 Å². The van der Waals surface area contributed by atoms with Crippen LogP contribution in [0.15, 0.2) is 23.6 Å². The molecule has 0 amide bonds. The van der Waals surface area contributed by atoms with E-state index < -0.39 is 22.4 Å². The highest BCUT2D eigenvalue weighted by Gasteiger charge is 2.43. The molecule has 3 nitrogen and oxygen atoms in total. The summed E-state index contributed by atoms with van der Waals surface area (Å²) in [4.78, 5) is 6.67. The van der Waals surface area contributed by atoms with E-state index in [4.69, 9.17) is 0 Å². The average Bonchev–Trinajstić information content (AvgIpc) is 3.15. The molecule has 3 heterocycles. The van der Waals surface area contributed by atoms with Crippen molar-refractivity contribution in [2.24, 2.45) is 0 Å². The van der Waals surface area contributed by atoms with E-state index in [1.165, 1.54) is 29.5 Å². The van der Waals surface area contributed by atoms with Crippen LogP contribution in [0.5, 0.6) is 0 Å². The molecule has 0 spiro atoms. The van der Waals surface area contributed by atoms with Gasteiger partial charge in [-0.2, -0.15) is 0 Å². The lowest BCUT2D eigenvalue weighted by Gasteiger charge is -2.25. The van der Waals surface area contributed by atoms with E-state index in [0.717, 1.165) is 23.7 Å². The Morgan fingerprint density at radius 3 is 2.77 bits per heavy atom. The summed E-state index contributed by atoms with van der Waals surface area (Å²) in [6, 6.07) is 4.20. The summed E-state index contributed by atoms with van der Waals surface area (Å²) in [6.07, 6.45) is 0.993. The number of benzene rings is 1. The van der Waals surface area contributed by atoms with Gasteiger partial charge in [0.1, 0.15) is 16.6 Å². The fraction of sp³-hybridized carbons (Fsp3) is 0.400. The molecular formula is C15H14F2N2OS2. The van der Waals surface area contributed by atoms with Gasteiger partial charge in [-0.1, -0.05) is 6.07 Å². The number of rotatable bonds is 3. The van der Waals surface area contributed by atoms with Crippen LogP contribution >= 0.6 is 11.3 Å². The highest BCUT2D eigenvalue weighted by molar-refractivity contribution is 7.86. The quantitative estimate of drug-likeness (QED) is 0.861. The summed E-state index contributed by atoms with van der Waals surface area (Å²) in [5, 5.41) is 2.83. The van der Waals surface area contributed by atoms with Gasteiger partial charge in [-0.25, -0.2) is 13.8 Å². The van der Waals surface area contributed by atoms with Crippen molar-refractivity contribution < 1.29 is 13.0 Å². The third-order valence-corrected chi connectivity index (χ3v) is 6.96. The minimum Gasteiger partial charge on any atom is -0.292 e. The number of thiazole rings is 1. The maximum atomic E-state index is 13.8. The van der Waals surface area contributed by atoms with Gasteiger partial charge in [0.15, 0.2) is 0 Å². The van der Waals surface area contributed by atoms with Gasteiger partial charge in [-0.3, -0.25) is 9.11 Å². The Labute approximate surface area is 133 Å². The number of fused-ring (bicyclic) bond motifs is 2. The Hall–Kier alpha value is -1.18. The van der Waals surface area contributed by atoms with E-state index in [1.807, 2.05) is 0 Å². The molecule has 2 fully saturated rings. The summed E-state index contributed by atoms with van der Waals surface area (Å²) in [5.41, 5.74) is 0.289. The highest BCUT2D eigenvalue weighted by atomic mass is 32.2. The van der Waals surface area contributed by atoms with Crippen molar-refractivity contribution in [3.05, 3.63) is 40.2 Å². The first-order valence-corrected chi connectivity index (χ1v) is 9.38. The van der Waals surface area contributed by atoms with Crippen LogP contribution in [0.25, 0.3) is 11.3 Å². The third kappa shape index (κ3) is 2.41. The molecule has 2 bridgehead atoms. The Kier molecular flexibility index (Phi) is 3.58. The Morgan fingerprint density at radius 2 is 2.14 bits per heavy atom. The second-order valence-corrected chi connectivity index (χ2v) is 8.42. The maximum Gasteiger partial charge on any atom is 0.135 e. The van der Waals surface area contributed by atoms with E-state index in [1.54, 1.807) is 5.38 Å². The van der Waals surface area contributed by atoms with Crippen molar-refractivity contribution in [3.8, 4) is 11.3 Å². The summed E-state index contributed by atoms with van der Waals surface area (Å²) in [5.74, 6) is -0.440. The number of halogens is 2. The molecule has 0 aliphatic carbocycles. The van der Waals surface area contributed by atoms with Crippen molar-refractivity contribution in [1.82, 2.24) is 9.88 Å². The van der Waals surface area contributed by atoms with Crippen LogP contribution in [0.3, 0.4) is 0 Å². The Bertz CT molecular complexity index is 729. The van der Waals surface area contributed by atoms with Crippen molar-refractivity contribution in [2.45, 2.75) is 24.3 Å². The van der Waals surface area contributed by atoms with Crippen molar-refractivity contribution in [3.63, 3.8) is 0 Å². The molecule has 0 N–H and O–H groups in total. The van der Waals surface area contributed by atoms with Crippen molar-refractivity contribution in [2.75, 3.05) is 12.3 Å². The van der Waals surface area contributed by atoms with Gasteiger partial charge in [-0.05, 0) is 18.6 Å². The summed E-state index contributed by atoms with van der Waals surface area (Å²) < 4.78 is 39.3. The average molecular weight is 340 g/mol. The molecule has 3 atom stereocenters. The zero-order valence-corrected chi connectivity index (χ0v) is 13.3. The van der Waals surface area contributed by atoms with Gasteiger partial charge in [0.25, 0.3) is 0 Å². The van der Waals surface area contributed by atoms with Crippen LogP contribution in [-0.2, 0) is 17.3 Å². The normalized spacial score (nSPS) is 27.6. The van der Waals surface area contributed by atoms with E-state index in [9.17, 15) is 13.0 Å². The monoisotopic (exact) mass is 340 g/mol. The summed E-state index contributed by atoms with van der Waals surface area (Å²) in [6.45, 7) is 1.50. The first-order chi connectivity index (χ1) is 10.6. The first kappa shape index (κ1) is 14.4. The lowest BCUT2D eigenvalue weighted by atomic mass is 10.1. The molecule has 1 unspecified atom stereocenters. The SMILES string of the molecule is O=S1C[C@@H]2C[C@H]1CN2Cc1nc(-c2c(F)cccc2F)cs1. The van der Waals surface area contributed by atoms with E-state index in [2.05, 4.69) is 9.88 Å². The lowest BCUT2D eigenvalue weighted by Crippen LogP contribution is -2.37. The number of likely N-dealkylation sites (tertiary alicyclic amines) is 1. The number of aromatic nitrogens is 1. The molecule has 1 aromatic heterocycles. The molecule has 22 heavy (non-hydrogen) atoms. The topological polar surface area (TPSA) is 33.2 Å². The molecule has 2 aromatic rings.